The fraction of sp³-hybridized carbons (Fsp3) is 0.533. The minimum absolute atomic E-state index is 0.0560. The molecule has 2 N–H and O–H groups in total. The molecule has 1 aromatic rings. The van der Waals surface area contributed by atoms with Crippen LogP contribution in [0.3, 0.4) is 0 Å². The van der Waals surface area contributed by atoms with Gasteiger partial charge in [-0.25, -0.2) is 0 Å². The van der Waals surface area contributed by atoms with Gasteiger partial charge in [-0.1, -0.05) is 17.3 Å². The monoisotopic (exact) mass is 321 g/mol. The SMILES string of the molecule is [2H]C([2H])([2H])OCCCC/C(=N/OCCN)c1ccc(C(F)(F)F)cc1. The number of unbranched alkanes of at least 4 members (excludes halogenated alkanes) is 1. The van der Waals surface area contributed by atoms with Crippen molar-refractivity contribution in [2.24, 2.45) is 10.9 Å². The molecule has 0 unspecified atom stereocenters. The summed E-state index contributed by atoms with van der Waals surface area (Å²) in [5, 5.41) is 3.93. The van der Waals surface area contributed by atoms with Crippen molar-refractivity contribution in [1.82, 2.24) is 0 Å². The van der Waals surface area contributed by atoms with Crippen LogP contribution in [0.1, 0.15) is 34.5 Å². The van der Waals surface area contributed by atoms with Gasteiger partial charge in [-0.05, 0) is 37.0 Å². The number of rotatable bonds is 9. The minimum Gasteiger partial charge on any atom is -0.394 e. The number of oxime groups is 1. The fourth-order valence-corrected chi connectivity index (χ4v) is 1.74. The van der Waals surface area contributed by atoms with E-state index in [0.717, 1.165) is 12.1 Å². The summed E-state index contributed by atoms with van der Waals surface area (Å²) in [6.07, 6.45) is -2.99. The molecule has 0 amide bonds. The van der Waals surface area contributed by atoms with Crippen molar-refractivity contribution < 1.29 is 26.9 Å². The van der Waals surface area contributed by atoms with Crippen LogP contribution in [0.5, 0.6) is 0 Å². The molecule has 0 aliphatic rings. The number of nitrogens with two attached hydrogens (primary N) is 1. The molecule has 7 heteroatoms. The molecule has 124 valence electrons. The number of methoxy groups -OCH3 is 1. The molecule has 0 radical (unpaired) electrons. The molecule has 0 saturated heterocycles. The molecule has 1 rings (SSSR count). The standard InChI is InChI=1S/C15H21F3N2O2/c1-21-10-3-2-4-14(20-22-11-9-19)12-5-7-13(8-6-12)15(16,17)18/h5-8H,2-4,9-11,19H2,1H3/b20-14-/i1D3. The van der Waals surface area contributed by atoms with Crippen molar-refractivity contribution in [2.45, 2.75) is 25.4 Å². The van der Waals surface area contributed by atoms with Crippen molar-refractivity contribution in [3.05, 3.63) is 35.4 Å². The Balaban J connectivity index is 2.68. The number of benzene rings is 1. The van der Waals surface area contributed by atoms with E-state index in [-0.39, 0.29) is 19.8 Å². The third-order valence-electron chi connectivity index (χ3n) is 2.84. The molecule has 0 atom stereocenters. The predicted molar refractivity (Wildman–Crippen MR) is 78.7 cm³/mol. The number of halogens is 3. The van der Waals surface area contributed by atoms with Crippen LogP contribution in [0.4, 0.5) is 13.2 Å². The lowest BCUT2D eigenvalue weighted by molar-refractivity contribution is -0.137. The molecular formula is C15H21F3N2O2. The van der Waals surface area contributed by atoms with Crippen LogP contribution < -0.4 is 5.73 Å². The highest BCUT2D eigenvalue weighted by atomic mass is 19.4. The summed E-state index contributed by atoms with van der Waals surface area (Å²) in [4.78, 5) is 5.03. The minimum atomic E-state index is -4.40. The molecular weight excluding hydrogens is 297 g/mol. The number of hydrogen-bond acceptors (Lipinski definition) is 4. The first kappa shape index (κ1) is 14.0. The van der Waals surface area contributed by atoms with Crippen LogP contribution in [0.25, 0.3) is 0 Å². The van der Waals surface area contributed by atoms with Crippen LogP contribution in [-0.4, -0.2) is 32.5 Å². The van der Waals surface area contributed by atoms with Gasteiger partial charge >= 0.3 is 6.18 Å². The zero-order valence-electron chi connectivity index (χ0n) is 15.0. The van der Waals surface area contributed by atoms with Crippen LogP contribution >= 0.6 is 0 Å². The zero-order chi connectivity index (χ0) is 18.9. The molecule has 0 aromatic heterocycles. The van der Waals surface area contributed by atoms with Gasteiger partial charge in [0.05, 0.1) is 15.4 Å². The Morgan fingerprint density at radius 1 is 1.23 bits per heavy atom. The zero-order valence-corrected chi connectivity index (χ0v) is 12.0. The third-order valence-corrected chi connectivity index (χ3v) is 2.84. The van der Waals surface area contributed by atoms with Gasteiger partial charge in [0, 0.05) is 20.2 Å². The highest BCUT2D eigenvalue weighted by Crippen LogP contribution is 2.29. The maximum Gasteiger partial charge on any atom is 0.416 e. The van der Waals surface area contributed by atoms with Gasteiger partial charge in [0.1, 0.15) is 6.61 Å². The summed E-state index contributed by atoms with van der Waals surface area (Å²) >= 11 is 0. The Bertz CT molecular complexity index is 546. The Hall–Kier alpha value is -1.60. The summed E-state index contributed by atoms with van der Waals surface area (Å²) in [6.45, 7) is 0.503. The van der Waals surface area contributed by atoms with Gasteiger partial charge in [-0.15, -0.1) is 0 Å². The number of alkyl halides is 3. The molecule has 0 heterocycles. The highest BCUT2D eigenvalue weighted by Gasteiger charge is 2.30. The van der Waals surface area contributed by atoms with Gasteiger partial charge in [0.25, 0.3) is 0 Å². The molecule has 0 spiro atoms. The van der Waals surface area contributed by atoms with E-state index in [1.165, 1.54) is 12.1 Å². The second-order valence-electron chi connectivity index (χ2n) is 4.54. The Kier molecular flexibility index (Phi) is 6.01. The van der Waals surface area contributed by atoms with E-state index in [1.807, 2.05) is 0 Å². The first-order valence-corrected chi connectivity index (χ1v) is 6.84. The van der Waals surface area contributed by atoms with E-state index < -0.39 is 18.8 Å². The van der Waals surface area contributed by atoms with Gasteiger partial charge < -0.3 is 15.3 Å². The van der Waals surface area contributed by atoms with Crippen LogP contribution in [0.15, 0.2) is 29.4 Å². The smallest absolute Gasteiger partial charge is 0.394 e. The van der Waals surface area contributed by atoms with E-state index in [2.05, 4.69) is 9.89 Å². The lowest BCUT2D eigenvalue weighted by Crippen LogP contribution is -2.09. The van der Waals surface area contributed by atoms with Crippen molar-refractivity contribution in [2.75, 3.05) is 26.8 Å². The summed E-state index contributed by atoms with van der Waals surface area (Å²) in [6, 6.07) is 4.61. The fourth-order valence-electron chi connectivity index (χ4n) is 1.74. The molecule has 0 saturated carbocycles. The first-order valence-electron chi connectivity index (χ1n) is 8.34. The second kappa shape index (κ2) is 9.42. The second-order valence-corrected chi connectivity index (χ2v) is 4.54. The van der Waals surface area contributed by atoms with Gasteiger partial charge in [0.2, 0.25) is 0 Å². The number of hydrogen-bond donors (Lipinski definition) is 1. The normalized spacial score (nSPS) is 15.1. The summed E-state index contributed by atoms with van der Waals surface area (Å²) in [7, 11) is -2.44. The van der Waals surface area contributed by atoms with E-state index in [4.69, 9.17) is 14.7 Å². The highest BCUT2D eigenvalue weighted by molar-refractivity contribution is 6.00. The van der Waals surface area contributed by atoms with E-state index in [0.29, 0.717) is 30.5 Å². The molecule has 0 bridgehead atoms. The van der Waals surface area contributed by atoms with Gasteiger partial charge in [0.15, 0.2) is 0 Å². The van der Waals surface area contributed by atoms with E-state index in [9.17, 15) is 13.2 Å². The topological polar surface area (TPSA) is 56.8 Å². The lowest BCUT2D eigenvalue weighted by atomic mass is 10.0. The van der Waals surface area contributed by atoms with Crippen molar-refractivity contribution in [3.63, 3.8) is 0 Å². The predicted octanol–water partition coefficient (Wildman–Crippen LogP) is 3.20. The summed E-state index contributed by atoms with van der Waals surface area (Å²) < 4.78 is 63.3. The average molecular weight is 321 g/mol. The van der Waals surface area contributed by atoms with Crippen LogP contribution in [-0.2, 0) is 15.8 Å². The van der Waals surface area contributed by atoms with Crippen molar-refractivity contribution >= 4 is 5.71 Å². The Morgan fingerprint density at radius 2 is 1.95 bits per heavy atom. The summed E-state index contributed by atoms with van der Waals surface area (Å²) in [5.74, 6) is 0. The maximum atomic E-state index is 12.6. The van der Waals surface area contributed by atoms with Crippen molar-refractivity contribution in [1.29, 1.82) is 0 Å². The maximum absolute atomic E-state index is 12.6. The average Bonchev–Trinajstić information content (AvgIpc) is 2.51. The number of nitrogens with zero attached hydrogens (tertiary/aromatic N) is 1. The largest absolute Gasteiger partial charge is 0.416 e. The molecule has 0 aliphatic heterocycles. The molecule has 4 nitrogen and oxygen atoms in total. The Labute approximate surface area is 132 Å². The van der Waals surface area contributed by atoms with Crippen LogP contribution in [0, 0.1) is 0 Å². The van der Waals surface area contributed by atoms with Gasteiger partial charge in [-0.2, -0.15) is 13.2 Å². The lowest BCUT2D eigenvalue weighted by Gasteiger charge is -2.10. The van der Waals surface area contributed by atoms with Crippen LogP contribution in [0.2, 0.25) is 0 Å². The molecule has 0 fully saturated rings. The molecule has 22 heavy (non-hydrogen) atoms. The van der Waals surface area contributed by atoms with E-state index >= 15 is 0 Å². The third kappa shape index (κ3) is 6.44. The van der Waals surface area contributed by atoms with Crippen molar-refractivity contribution in [3.8, 4) is 0 Å². The quantitative estimate of drug-likeness (QED) is 0.432. The first-order chi connectivity index (χ1) is 11.6. The molecule has 1 aromatic carbocycles. The van der Waals surface area contributed by atoms with E-state index in [1.54, 1.807) is 0 Å². The Morgan fingerprint density at radius 3 is 2.55 bits per heavy atom. The number of ether oxygens (including phenoxy) is 1. The van der Waals surface area contributed by atoms with Gasteiger partial charge in [-0.3, -0.25) is 0 Å². The summed E-state index contributed by atoms with van der Waals surface area (Å²) in [5.41, 5.74) is 5.54. The molecule has 0 aliphatic carbocycles.